The van der Waals surface area contributed by atoms with Crippen LogP contribution in [0.25, 0.3) is 0 Å². The Bertz CT molecular complexity index is 895. The molecule has 1 aliphatic heterocycles. The van der Waals surface area contributed by atoms with Gasteiger partial charge >= 0.3 is 0 Å². The van der Waals surface area contributed by atoms with E-state index in [0.717, 1.165) is 31.1 Å². The molecule has 3 rings (SSSR count). The smallest absolute Gasteiger partial charge is 0.294 e. The fourth-order valence-corrected chi connectivity index (χ4v) is 3.67. The molecule has 0 aliphatic carbocycles. The van der Waals surface area contributed by atoms with Crippen molar-refractivity contribution in [1.82, 2.24) is 0 Å². The Hall–Kier alpha value is -2.64. The first-order valence-electron chi connectivity index (χ1n) is 9.23. The van der Waals surface area contributed by atoms with Gasteiger partial charge in [0.15, 0.2) is 6.54 Å². The standard InChI is InChI=1S/C20H23ClN4O3/c1-14-4-3-5-18(15(14)2)24-10-8-23(9-11-24)13-20(26)22-17-7-6-16(21)12-19(17)25(27)28/h3-7,12H,8-11,13H2,1-2H3,(H,22,26)/p+1. The third kappa shape index (κ3) is 4.61. The topological polar surface area (TPSA) is 79.9 Å². The number of piperazine rings is 1. The first kappa shape index (κ1) is 20.1. The minimum Gasteiger partial charge on any atom is -0.360 e. The van der Waals surface area contributed by atoms with Crippen LogP contribution in [0, 0.1) is 24.0 Å². The molecule has 1 heterocycles. The molecule has 1 fully saturated rings. The Morgan fingerprint density at radius 2 is 1.96 bits per heavy atom. The van der Waals surface area contributed by atoms with E-state index in [4.69, 9.17) is 11.6 Å². The fourth-order valence-electron chi connectivity index (χ4n) is 3.50. The molecule has 0 saturated carbocycles. The molecule has 8 heteroatoms. The minimum atomic E-state index is -0.544. The largest absolute Gasteiger partial charge is 0.360 e. The zero-order valence-corrected chi connectivity index (χ0v) is 16.8. The number of nitrogens with one attached hydrogen (secondary N) is 2. The number of halogens is 1. The van der Waals surface area contributed by atoms with Crippen LogP contribution in [0.1, 0.15) is 11.1 Å². The predicted molar refractivity (Wildman–Crippen MR) is 110 cm³/mol. The zero-order chi connectivity index (χ0) is 20.3. The number of carbonyl (C=O) groups excluding carboxylic acids is 1. The van der Waals surface area contributed by atoms with Crippen molar-refractivity contribution in [3.05, 3.63) is 62.7 Å². The Labute approximate surface area is 169 Å². The van der Waals surface area contributed by atoms with Crippen LogP contribution < -0.4 is 15.1 Å². The maximum atomic E-state index is 12.4. The van der Waals surface area contributed by atoms with Gasteiger partial charge in [-0.3, -0.25) is 14.9 Å². The van der Waals surface area contributed by atoms with Crippen molar-refractivity contribution in [2.45, 2.75) is 13.8 Å². The van der Waals surface area contributed by atoms with Crippen molar-refractivity contribution in [2.24, 2.45) is 0 Å². The molecular weight excluding hydrogens is 380 g/mol. The molecule has 2 aromatic rings. The summed E-state index contributed by atoms with van der Waals surface area (Å²) in [6, 6.07) is 10.6. The van der Waals surface area contributed by atoms with E-state index in [1.807, 2.05) is 0 Å². The average molecular weight is 404 g/mol. The lowest BCUT2D eigenvalue weighted by Crippen LogP contribution is -3.15. The van der Waals surface area contributed by atoms with Gasteiger partial charge in [0.1, 0.15) is 5.69 Å². The van der Waals surface area contributed by atoms with E-state index in [1.54, 1.807) is 0 Å². The predicted octanol–water partition coefficient (Wildman–Crippen LogP) is 2.21. The van der Waals surface area contributed by atoms with E-state index in [0.29, 0.717) is 0 Å². The summed E-state index contributed by atoms with van der Waals surface area (Å²) in [5.41, 5.74) is 3.79. The number of hydrogen-bond donors (Lipinski definition) is 2. The quantitative estimate of drug-likeness (QED) is 0.592. The maximum absolute atomic E-state index is 12.4. The van der Waals surface area contributed by atoms with Gasteiger partial charge in [0, 0.05) is 16.8 Å². The van der Waals surface area contributed by atoms with Crippen LogP contribution in [-0.2, 0) is 4.79 Å². The number of nitrogens with zero attached hydrogens (tertiary/aromatic N) is 2. The summed E-state index contributed by atoms with van der Waals surface area (Å²) in [5, 5.41) is 14.1. The van der Waals surface area contributed by atoms with Crippen molar-refractivity contribution in [1.29, 1.82) is 0 Å². The lowest BCUT2D eigenvalue weighted by Gasteiger charge is -2.34. The van der Waals surface area contributed by atoms with E-state index in [2.05, 4.69) is 42.3 Å². The van der Waals surface area contributed by atoms with E-state index in [1.165, 1.54) is 35.0 Å². The molecule has 0 atom stereocenters. The number of carbonyl (C=O) groups is 1. The summed E-state index contributed by atoms with van der Waals surface area (Å²) in [6.07, 6.45) is 0. The molecule has 1 aliphatic rings. The Morgan fingerprint density at radius 3 is 2.64 bits per heavy atom. The third-order valence-corrected chi connectivity index (χ3v) is 5.46. The summed E-state index contributed by atoms with van der Waals surface area (Å²) in [4.78, 5) is 26.5. The monoisotopic (exact) mass is 403 g/mol. The number of benzene rings is 2. The Kier molecular flexibility index (Phi) is 6.16. The highest BCUT2D eigenvalue weighted by Crippen LogP contribution is 2.27. The van der Waals surface area contributed by atoms with Crippen LogP contribution in [0.15, 0.2) is 36.4 Å². The van der Waals surface area contributed by atoms with Crippen LogP contribution >= 0.6 is 11.6 Å². The van der Waals surface area contributed by atoms with Crippen LogP contribution in [0.2, 0.25) is 5.02 Å². The molecule has 0 bridgehead atoms. The highest BCUT2D eigenvalue weighted by molar-refractivity contribution is 6.31. The highest BCUT2D eigenvalue weighted by atomic mass is 35.5. The summed E-state index contributed by atoms with van der Waals surface area (Å²) >= 11 is 5.81. The van der Waals surface area contributed by atoms with Crippen molar-refractivity contribution >= 4 is 34.6 Å². The van der Waals surface area contributed by atoms with Gasteiger partial charge in [0.05, 0.1) is 31.1 Å². The minimum absolute atomic E-state index is 0.174. The second kappa shape index (κ2) is 8.58. The number of nitro groups is 1. The van der Waals surface area contributed by atoms with Crippen LogP contribution in [-0.4, -0.2) is 43.6 Å². The summed E-state index contributed by atoms with van der Waals surface area (Å²) in [7, 11) is 0. The van der Waals surface area contributed by atoms with Gasteiger partial charge in [0.25, 0.3) is 11.6 Å². The van der Waals surface area contributed by atoms with Crippen molar-refractivity contribution in [3.63, 3.8) is 0 Å². The lowest BCUT2D eigenvalue weighted by molar-refractivity contribution is -0.892. The van der Waals surface area contributed by atoms with E-state index in [9.17, 15) is 14.9 Å². The molecule has 0 radical (unpaired) electrons. The number of hydrogen-bond acceptors (Lipinski definition) is 4. The van der Waals surface area contributed by atoms with Crippen molar-refractivity contribution < 1.29 is 14.6 Å². The second-order valence-electron chi connectivity index (χ2n) is 7.10. The van der Waals surface area contributed by atoms with Crippen LogP contribution in [0.4, 0.5) is 17.1 Å². The molecule has 0 unspecified atom stereocenters. The highest BCUT2D eigenvalue weighted by Gasteiger charge is 2.24. The molecule has 1 saturated heterocycles. The molecule has 7 nitrogen and oxygen atoms in total. The number of amides is 1. The van der Waals surface area contributed by atoms with Crippen molar-refractivity contribution in [2.75, 3.05) is 42.9 Å². The molecular formula is C20H24ClN4O3+. The molecule has 1 amide bonds. The van der Waals surface area contributed by atoms with E-state index in [-0.39, 0.29) is 28.8 Å². The normalized spacial score (nSPS) is 14.8. The maximum Gasteiger partial charge on any atom is 0.294 e. The number of aryl methyl sites for hydroxylation is 1. The average Bonchev–Trinajstić information content (AvgIpc) is 2.66. The third-order valence-electron chi connectivity index (χ3n) is 5.23. The Morgan fingerprint density at radius 1 is 1.25 bits per heavy atom. The second-order valence-corrected chi connectivity index (χ2v) is 7.54. The van der Waals surface area contributed by atoms with E-state index >= 15 is 0 Å². The van der Waals surface area contributed by atoms with Gasteiger partial charge < -0.3 is 15.1 Å². The summed E-state index contributed by atoms with van der Waals surface area (Å²) in [5.74, 6) is -0.236. The summed E-state index contributed by atoms with van der Waals surface area (Å²) < 4.78 is 0. The SMILES string of the molecule is Cc1cccc(N2CC[NH+](CC(=O)Nc3ccc(Cl)cc3[N+](=O)[O-])CC2)c1C. The molecule has 2 aromatic carbocycles. The van der Waals surface area contributed by atoms with Gasteiger partial charge in [-0.05, 0) is 43.2 Å². The van der Waals surface area contributed by atoms with Gasteiger partial charge in [-0.2, -0.15) is 0 Å². The fraction of sp³-hybridized carbons (Fsp3) is 0.350. The summed E-state index contributed by atoms with van der Waals surface area (Å²) in [6.45, 7) is 7.94. The number of quaternary nitrogens is 1. The molecule has 28 heavy (non-hydrogen) atoms. The van der Waals surface area contributed by atoms with Crippen LogP contribution in [0.3, 0.4) is 0 Å². The molecule has 2 N–H and O–H groups in total. The van der Waals surface area contributed by atoms with Crippen LogP contribution in [0.5, 0.6) is 0 Å². The van der Waals surface area contributed by atoms with Gasteiger partial charge in [-0.25, -0.2) is 0 Å². The number of nitro benzene ring substituents is 1. The molecule has 0 spiro atoms. The lowest BCUT2D eigenvalue weighted by atomic mass is 10.1. The van der Waals surface area contributed by atoms with Gasteiger partial charge in [-0.15, -0.1) is 0 Å². The van der Waals surface area contributed by atoms with E-state index < -0.39 is 4.92 Å². The van der Waals surface area contributed by atoms with Crippen molar-refractivity contribution in [3.8, 4) is 0 Å². The number of anilines is 2. The number of rotatable bonds is 5. The van der Waals surface area contributed by atoms with Gasteiger partial charge in [-0.1, -0.05) is 23.7 Å². The Balaban J connectivity index is 1.57. The first-order chi connectivity index (χ1) is 13.3. The van der Waals surface area contributed by atoms with Gasteiger partial charge in [0.2, 0.25) is 0 Å². The molecule has 0 aromatic heterocycles. The zero-order valence-electron chi connectivity index (χ0n) is 16.0. The molecule has 148 valence electrons. The first-order valence-corrected chi connectivity index (χ1v) is 9.61.